The van der Waals surface area contributed by atoms with Gasteiger partial charge in [-0.15, -0.1) is 5.10 Å². The van der Waals surface area contributed by atoms with Gasteiger partial charge in [0.2, 0.25) is 11.8 Å². The first kappa shape index (κ1) is 24.0. The number of pyridine rings is 1. The van der Waals surface area contributed by atoms with Crippen LogP contribution in [0.15, 0.2) is 67.0 Å². The number of carbonyl (C=O) groups excluding carboxylic acids is 2. The van der Waals surface area contributed by atoms with Crippen LogP contribution in [0.1, 0.15) is 22.7 Å². The molecule has 0 spiro atoms. The molecule has 0 unspecified atom stereocenters. The van der Waals surface area contributed by atoms with Crippen molar-refractivity contribution in [2.24, 2.45) is 0 Å². The Morgan fingerprint density at radius 2 is 1.91 bits per heavy atom. The zero-order valence-corrected chi connectivity index (χ0v) is 20.0. The monoisotopic (exact) mass is 472 g/mol. The third kappa shape index (κ3) is 5.36. The van der Waals surface area contributed by atoms with Crippen LogP contribution in [0.4, 0.5) is 5.69 Å². The number of aryl methyl sites for hydroxylation is 2. The van der Waals surface area contributed by atoms with Crippen LogP contribution in [-0.4, -0.2) is 52.1 Å². The molecule has 9 heteroatoms. The van der Waals surface area contributed by atoms with E-state index in [2.05, 4.69) is 20.6 Å². The molecule has 0 saturated heterocycles. The number of nitrogens with zero attached hydrogens (tertiary/aromatic N) is 5. The number of anilines is 1. The number of rotatable bonds is 9. The largest absolute Gasteiger partial charge is 0.383 e. The summed E-state index contributed by atoms with van der Waals surface area (Å²) in [5.41, 5.74) is 4.74. The summed E-state index contributed by atoms with van der Waals surface area (Å²) in [7, 11) is 1.57. The number of methoxy groups -OCH3 is 1. The summed E-state index contributed by atoms with van der Waals surface area (Å²) in [5.74, 6) is -0.635. The molecule has 4 rings (SSSR count). The van der Waals surface area contributed by atoms with Gasteiger partial charge in [0.05, 0.1) is 12.1 Å². The van der Waals surface area contributed by atoms with E-state index in [0.29, 0.717) is 29.9 Å². The lowest BCUT2D eigenvalue weighted by Gasteiger charge is -2.31. The van der Waals surface area contributed by atoms with Gasteiger partial charge in [0.1, 0.15) is 18.1 Å². The molecular weight excluding hydrogens is 444 g/mol. The van der Waals surface area contributed by atoms with Crippen LogP contribution in [0.25, 0.3) is 11.0 Å². The number of benzene rings is 2. The molecule has 0 aliphatic carbocycles. The highest BCUT2D eigenvalue weighted by Gasteiger charge is 2.33. The zero-order chi connectivity index (χ0) is 24.8. The average Bonchev–Trinajstić information content (AvgIpc) is 3.27. The first-order chi connectivity index (χ1) is 17.0. The van der Waals surface area contributed by atoms with Crippen molar-refractivity contribution in [2.45, 2.75) is 26.4 Å². The fraction of sp³-hybridized carbons (Fsp3) is 0.269. The second-order valence-corrected chi connectivity index (χ2v) is 8.24. The minimum atomic E-state index is -0.940. The Balaban J connectivity index is 1.78. The van der Waals surface area contributed by atoms with Crippen LogP contribution in [0, 0.1) is 13.8 Å². The molecule has 0 saturated carbocycles. The zero-order valence-electron chi connectivity index (χ0n) is 20.0. The lowest BCUT2D eigenvalue weighted by atomic mass is 10.0. The summed E-state index contributed by atoms with van der Waals surface area (Å²) in [4.78, 5) is 33.1. The molecule has 1 N–H and O–H groups in total. The van der Waals surface area contributed by atoms with E-state index in [4.69, 9.17) is 4.74 Å². The molecule has 2 aromatic heterocycles. The predicted octanol–water partition coefficient (Wildman–Crippen LogP) is 2.98. The first-order valence-corrected chi connectivity index (χ1v) is 11.3. The molecule has 2 aromatic carbocycles. The number of nitrogens with one attached hydrogen (secondary N) is 1. The second-order valence-electron chi connectivity index (χ2n) is 8.24. The fourth-order valence-electron chi connectivity index (χ4n) is 3.88. The molecular formula is C26H28N6O3. The van der Waals surface area contributed by atoms with Crippen LogP contribution in [-0.2, 0) is 20.9 Å². The number of ether oxygens (including phenoxy) is 1. The van der Waals surface area contributed by atoms with Crippen LogP contribution in [0.2, 0.25) is 0 Å². The minimum Gasteiger partial charge on any atom is -0.383 e. The van der Waals surface area contributed by atoms with E-state index in [9.17, 15) is 9.59 Å². The maximum atomic E-state index is 13.9. The van der Waals surface area contributed by atoms with Crippen LogP contribution in [0.5, 0.6) is 0 Å². The van der Waals surface area contributed by atoms with Crippen LogP contribution < -0.4 is 10.2 Å². The Morgan fingerprint density at radius 1 is 1.09 bits per heavy atom. The van der Waals surface area contributed by atoms with Gasteiger partial charge in [0.15, 0.2) is 0 Å². The lowest BCUT2D eigenvalue weighted by Crippen LogP contribution is -2.46. The normalized spacial score (nSPS) is 11.9. The van der Waals surface area contributed by atoms with Crippen LogP contribution in [0.3, 0.4) is 0 Å². The van der Waals surface area contributed by atoms with Crippen molar-refractivity contribution in [1.29, 1.82) is 0 Å². The van der Waals surface area contributed by atoms with Crippen molar-refractivity contribution in [1.82, 2.24) is 25.3 Å². The van der Waals surface area contributed by atoms with E-state index >= 15 is 0 Å². The standard InChI is InChI=1S/C26H28N6O3/c1-18-10-11-21(15-19(18)2)32(24(33)17-31-23-9-5-4-8-22(23)29-30-31)25(20-7-6-12-27-16-20)26(34)28-13-14-35-3/h4-12,15-16,25H,13-14,17H2,1-3H3,(H,28,34)/t25-/m1/s1. The smallest absolute Gasteiger partial charge is 0.249 e. The molecule has 180 valence electrons. The number of carbonyl (C=O) groups is 2. The third-order valence-corrected chi connectivity index (χ3v) is 5.85. The van der Waals surface area contributed by atoms with E-state index in [1.807, 2.05) is 56.3 Å². The molecule has 0 aliphatic heterocycles. The van der Waals surface area contributed by atoms with E-state index < -0.39 is 6.04 Å². The Kier molecular flexibility index (Phi) is 7.47. The Morgan fingerprint density at radius 3 is 2.66 bits per heavy atom. The maximum absolute atomic E-state index is 13.9. The van der Waals surface area contributed by atoms with Gasteiger partial charge in [-0.2, -0.15) is 0 Å². The fourth-order valence-corrected chi connectivity index (χ4v) is 3.88. The van der Waals surface area contributed by atoms with Gasteiger partial charge in [-0.3, -0.25) is 19.5 Å². The van der Waals surface area contributed by atoms with Crippen molar-refractivity contribution >= 4 is 28.5 Å². The molecule has 0 fully saturated rings. The lowest BCUT2D eigenvalue weighted by molar-refractivity contribution is -0.127. The van der Waals surface area contributed by atoms with Gasteiger partial charge in [0.25, 0.3) is 0 Å². The van der Waals surface area contributed by atoms with Gasteiger partial charge < -0.3 is 10.1 Å². The first-order valence-electron chi connectivity index (χ1n) is 11.3. The highest BCUT2D eigenvalue weighted by molar-refractivity contribution is 6.01. The summed E-state index contributed by atoms with van der Waals surface area (Å²) in [5, 5.41) is 11.2. The predicted molar refractivity (Wildman–Crippen MR) is 133 cm³/mol. The molecule has 2 amide bonds. The van der Waals surface area contributed by atoms with E-state index in [1.165, 1.54) is 4.90 Å². The van der Waals surface area contributed by atoms with Gasteiger partial charge in [-0.25, -0.2) is 4.68 Å². The number of hydrogen-bond donors (Lipinski definition) is 1. The van der Waals surface area contributed by atoms with Crippen molar-refractivity contribution in [3.8, 4) is 0 Å². The molecule has 1 atom stereocenters. The second kappa shape index (κ2) is 10.9. The number of amides is 2. The maximum Gasteiger partial charge on any atom is 0.249 e. The van der Waals surface area contributed by atoms with Crippen molar-refractivity contribution in [3.05, 3.63) is 83.7 Å². The number of aromatic nitrogens is 4. The molecule has 4 aromatic rings. The highest BCUT2D eigenvalue weighted by Crippen LogP contribution is 2.30. The molecule has 9 nitrogen and oxygen atoms in total. The van der Waals surface area contributed by atoms with Gasteiger partial charge >= 0.3 is 0 Å². The number of para-hydroxylation sites is 1. The topological polar surface area (TPSA) is 102 Å². The summed E-state index contributed by atoms with van der Waals surface area (Å²) in [6.07, 6.45) is 3.24. The highest BCUT2D eigenvalue weighted by atomic mass is 16.5. The van der Waals surface area contributed by atoms with E-state index in [-0.39, 0.29) is 18.4 Å². The van der Waals surface area contributed by atoms with Crippen molar-refractivity contribution in [3.63, 3.8) is 0 Å². The SMILES string of the molecule is COCCNC(=O)[C@@H](c1cccnc1)N(C(=O)Cn1nnc2ccccc21)c1ccc(C)c(C)c1. The molecule has 2 heterocycles. The number of fused-ring (bicyclic) bond motifs is 1. The molecule has 0 radical (unpaired) electrons. The van der Waals surface area contributed by atoms with Gasteiger partial charge in [-0.05, 0) is 55.3 Å². The van der Waals surface area contributed by atoms with Gasteiger partial charge in [-0.1, -0.05) is 29.5 Å². The minimum absolute atomic E-state index is 0.0877. The van der Waals surface area contributed by atoms with Gasteiger partial charge in [0, 0.05) is 37.3 Å². The summed E-state index contributed by atoms with van der Waals surface area (Å²) in [6, 6.07) is 15.7. The quantitative estimate of drug-likeness (QED) is 0.376. The molecule has 0 bridgehead atoms. The molecule has 35 heavy (non-hydrogen) atoms. The van der Waals surface area contributed by atoms with Crippen LogP contribution >= 0.6 is 0 Å². The number of hydrogen-bond acceptors (Lipinski definition) is 6. The Bertz CT molecular complexity index is 1320. The summed E-state index contributed by atoms with van der Waals surface area (Å²) >= 11 is 0. The van der Waals surface area contributed by atoms with Crippen molar-refractivity contribution < 1.29 is 14.3 Å². The van der Waals surface area contributed by atoms with E-state index in [1.54, 1.807) is 36.3 Å². The summed E-state index contributed by atoms with van der Waals surface area (Å²) in [6.45, 7) is 4.56. The average molecular weight is 473 g/mol. The summed E-state index contributed by atoms with van der Waals surface area (Å²) < 4.78 is 6.63. The molecule has 0 aliphatic rings. The third-order valence-electron chi connectivity index (χ3n) is 5.85. The Labute approximate surface area is 203 Å². The van der Waals surface area contributed by atoms with E-state index in [0.717, 1.165) is 16.6 Å². The Hall–Kier alpha value is -4.11. The van der Waals surface area contributed by atoms with Crippen molar-refractivity contribution in [2.75, 3.05) is 25.2 Å².